The maximum atomic E-state index is 15.6. The van der Waals surface area contributed by atoms with E-state index in [1.54, 1.807) is 31.3 Å². The topological polar surface area (TPSA) is 136 Å². The summed E-state index contributed by atoms with van der Waals surface area (Å²) in [6.45, 7) is 2.55. The van der Waals surface area contributed by atoms with Crippen LogP contribution in [-0.4, -0.2) is 66.2 Å². The number of anilines is 1. The number of amides is 3. The molecule has 5 heterocycles. The standard InChI is InChI=1S/C39H40F4N8O4/c1-48-35-30(51(38(48)55)31-13-14-33(52)46-37(31)54)12-10-27(40)34(35)23-15-17-49(18-16-23)20-22-5-8-26(9-6-22)50-21-24-19-25(7-11-28(24)47-50)44-36(53)29-3-2-4-32(45-29)39(41,42)43/h2-4,7,10-12,19,21-23,26,31H,5-6,8-9,13-18,20H2,1H3,(H,44,53)(H,46,52,54). The molecular weight excluding hydrogens is 720 g/mol. The molecule has 2 aromatic carbocycles. The van der Waals surface area contributed by atoms with E-state index in [9.17, 15) is 32.3 Å². The summed E-state index contributed by atoms with van der Waals surface area (Å²) in [6.07, 6.45) is 3.06. The molecule has 1 atom stereocenters. The average molecular weight is 761 g/mol. The van der Waals surface area contributed by atoms with E-state index in [1.807, 2.05) is 10.9 Å². The Bertz CT molecular complexity index is 2370. The molecular formula is C39H40F4N8O4. The fourth-order valence-electron chi connectivity index (χ4n) is 8.68. The Kier molecular flexibility index (Phi) is 9.55. The summed E-state index contributed by atoms with van der Waals surface area (Å²) in [5, 5.41) is 10.5. The van der Waals surface area contributed by atoms with Crippen LogP contribution >= 0.6 is 0 Å². The number of benzene rings is 2. The number of carbonyl (C=O) groups is 3. The van der Waals surface area contributed by atoms with Crippen LogP contribution < -0.4 is 16.3 Å². The van der Waals surface area contributed by atoms with Crippen LogP contribution in [0, 0.1) is 11.7 Å². The summed E-state index contributed by atoms with van der Waals surface area (Å²) in [7, 11) is 1.61. The van der Waals surface area contributed by atoms with Gasteiger partial charge in [-0.25, -0.2) is 14.2 Å². The molecule has 16 heteroatoms. The van der Waals surface area contributed by atoms with Gasteiger partial charge < -0.3 is 10.2 Å². The maximum Gasteiger partial charge on any atom is 0.433 e. The second-order valence-electron chi connectivity index (χ2n) is 15.0. The Morgan fingerprint density at radius 1 is 0.964 bits per heavy atom. The number of nitrogens with one attached hydrogen (secondary N) is 2. The van der Waals surface area contributed by atoms with Gasteiger partial charge in [0.15, 0.2) is 0 Å². The third kappa shape index (κ3) is 7.14. The van der Waals surface area contributed by atoms with Crippen molar-refractivity contribution < 1.29 is 31.9 Å². The van der Waals surface area contributed by atoms with Gasteiger partial charge in [-0.3, -0.25) is 33.5 Å². The molecule has 2 N–H and O–H groups in total. The van der Waals surface area contributed by atoms with Gasteiger partial charge in [0, 0.05) is 42.8 Å². The Hall–Kier alpha value is -5.38. The lowest BCUT2D eigenvalue weighted by molar-refractivity contribution is -0.141. The molecule has 2 saturated heterocycles. The molecule has 3 amide bonds. The number of aromatic nitrogens is 5. The lowest BCUT2D eigenvalue weighted by atomic mass is 9.84. The van der Waals surface area contributed by atoms with Gasteiger partial charge in [-0.05, 0) is 112 Å². The van der Waals surface area contributed by atoms with Gasteiger partial charge in [0.25, 0.3) is 5.91 Å². The zero-order chi connectivity index (χ0) is 38.6. The van der Waals surface area contributed by atoms with Crippen LogP contribution in [0.2, 0.25) is 0 Å². The second-order valence-corrected chi connectivity index (χ2v) is 15.0. The molecule has 1 aliphatic carbocycles. The number of carbonyl (C=O) groups excluding carboxylic acids is 3. The first-order valence-electron chi connectivity index (χ1n) is 18.6. The predicted octanol–water partition coefficient (Wildman–Crippen LogP) is 6.08. The smallest absolute Gasteiger partial charge is 0.321 e. The van der Waals surface area contributed by atoms with E-state index in [2.05, 4.69) is 20.5 Å². The molecule has 5 aromatic rings. The number of rotatable bonds is 7. The van der Waals surface area contributed by atoms with Gasteiger partial charge in [0.1, 0.15) is 23.2 Å². The van der Waals surface area contributed by atoms with Crippen LogP contribution in [0.25, 0.3) is 21.9 Å². The van der Waals surface area contributed by atoms with Crippen LogP contribution in [0.3, 0.4) is 0 Å². The zero-order valence-corrected chi connectivity index (χ0v) is 30.1. The number of pyridine rings is 1. The van der Waals surface area contributed by atoms with Crippen LogP contribution in [0.15, 0.2) is 59.5 Å². The lowest BCUT2D eigenvalue weighted by Gasteiger charge is -2.37. The van der Waals surface area contributed by atoms with Crippen LogP contribution in [-0.2, 0) is 22.8 Å². The summed E-state index contributed by atoms with van der Waals surface area (Å²) >= 11 is 0. The SMILES string of the molecule is Cn1c(=O)n(C2CCC(=O)NC2=O)c2ccc(F)c(C3CCN(CC4CCC(n5cc6cc(NC(=O)c7cccc(C(F)(F)F)n7)ccc6n5)CC4)CC3)c21. The third-order valence-corrected chi connectivity index (χ3v) is 11.5. The van der Waals surface area contributed by atoms with Crippen LogP contribution in [0.1, 0.15) is 91.1 Å². The number of hydrogen-bond acceptors (Lipinski definition) is 7. The highest BCUT2D eigenvalue weighted by atomic mass is 19.4. The molecule has 55 heavy (non-hydrogen) atoms. The van der Waals surface area contributed by atoms with Crippen molar-refractivity contribution in [2.45, 2.75) is 75.5 Å². The van der Waals surface area contributed by atoms with E-state index in [4.69, 9.17) is 5.10 Å². The summed E-state index contributed by atoms with van der Waals surface area (Å²) in [5.74, 6) is -1.56. The molecule has 3 aromatic heterocycles. The Labute approximate surface area is 312 Å². The first-order valence-corrected chi connectivity index (χ1v) is 18.6. The monoisotopic (exact) mass is 760 g/mol. The fraction of sp³-hybridized carbons (Fsp3) is 0.436. The van der Waals surface area contributed by atoms with E-state index in [0.29, 0.717) is 28.2 Å². The molecule has 0 spiro atoms. The van der Waals surface area contributed by atoms with Gasteiger partial charge in [-0.15, -0.1) is 0 Å². The molecule has 1 unspecified atom stereocenters. The van der Waals surface area contributed by atoms with Crippen molar-refractivity contribution in [3.8, 4) is 0 Å². The molecule has 288 valence electrons. The molecule has 3 aliphatic rings. The molecule has 12 nitrogen and oxygen atoms in total. The number of hydrogen-bond donors (Lipinski definition) is 2. The van der Waals surface area contributed by atoms with Gasteiger partial charge in [-0.1, -0.05) is 6.07 Å². The van der Waals surface area contributed by atoms with E-state index in [1.165, 1.54) is 21.3 Å². The first kappa shape index (κ1) is 36.6. The highest BCUT2D eigenvalue weighted by molar-refractivity contribution is 6.04. The Balaban J connectivity index is 0.868. The average Bonchev–Trinajstić information content (AvgIpc) is 3.70. The fourth-order valence-corrected chi connectivity index (χ4v) is 8.68. The summed E-state index contributed by atoms with van der Waals surface area (Å²) in [4.78, 5) is 56.4. The van der Waals surface area contributed by atoms with Crippen molar-refractivity contribution in [3.63, 3.8) is 0 Å². The number of halogens is 4. The summed E-state index contributed by atoms with van der Waals surface area (Å²) < 4.78 is 59.6. The van der Waals surface area contributed by atoms with Crippen LogP contribution in [0.4, 0.5) is 23.2 Å². The molecule has 0 radical (unpaired) electrons. The first-order chi connectivity index (χ1) is 26.3. The highest BCUT2D eigenvalue weighted by Gasteiger charge is 2.35. The minimum Gasteiger partial charge on any atom is -0.321 e. The number of alkyl halides is 3. The van der Waals surface area contributed by atoms with Gasteiger partial charge >= 0.3 is 11.9 Å². The third-order valence-electron chi connectivity index (χ3n) is 11.5. The number of imidazole rings is 1. The molecule has 0 bridgehead atoms. The lowest BCUT2D eigenvalue weighted by Crippen LogP contribution is -2.44. The number of piperidine rings is 2. The van der Waals surface area contributed by atoms with E-state index >= 15 is 4.39 Å². The van der Waals surface area contributed by atoms with Crippen molar-refractivity contribution in [2.24, 2.45) is 13.0 Å². The minimum atomic E-state index is -4.65. The molecule has 3 fully saturated rings. The largest absolute Gasteiger partial charge is 0.433 e. The summed E-state index contributed by atoms with van der Waals surface area (Å²) in [5.41, 5.74) is 0.832. The minimum absolute atomic E-state index is 0.0843. The van der Waals surface area contributed by atoms with E-state index in [0.717, 1.165) is 81.2 Å². The second kappa shape index (κ2) is 14.4. The van der Waals surface area contributed by atoms with E-state index in [-0.39, 0.29) is 42.2 Å². The van der Waals surface area contributed by atoms with Crippen molar-refractivity contribution in [1.82, 2.24) is 34.1 Å². The van der Waals surface area contributed by atoms with Gasteiger partial charge in [0.05, 0.1) is 22.6 Å². The van der Waals surface area contributed by atoms with Gasteiger partial charge in [-0.2, -0.15) is 18.3 Å². The zero-order valence-electron chi connectivity index (χ0n) is 30.1. The Morgan fingerprint density at radius 3 is 2.45 bits per heavy atom. The maximum absolute atomic E-state index is 15.6. The quantitative estimate of drug-likeness (QED) is 0.152. The number of imide groups is 1. The van der Waals surface area contributed by atoms with Gasteiger partial charge in [0.2, 0.25) is 11.8 Å². The number of likely N-dealkylation sites (tertiary alicyclic amines) is 1. The molecule has 8 rings (SSSR count). The number of aryl methyl sites for hydroxylation is 1. The predicted molar refractivity (Wildman–Crippen MR) is 195 cm³/mol. The normalized spacial score (nSPS) is 21.7. The molecule has 1 saturated carbocycles. The van der Waals surface area contributed by atoms with Crippen molar-refractivity contribution in [1.29, 1.82) is 0 Å². The number of nitrogens with zero attached hydrogens (tertiary/aromatic N) is 6. The van der Waals surface area contributed by atoms with Crippen molar-refractivity contribution >= 4 is 45.3 Å². The molecule has 2 aliphatic heterocycles. The Morgan fingerprint density at radius 2 is 1.73 bits per heavy atom. The number of fused-ring (bicyclic) bond motifs is 2. The van der Waals surface area contributed by atoms with E-state index < -0.39 is 35.4 Å². The van der Waals surface area contributed by atoms with Crippen LogP contribution in [0.5, 0.6) is 0 Å². The summed E-state index contributed by atoms with van der Waals surface area (Å²) in [6, 6.07) is 10.7. The van der Waals surface area contributed by atoms with Crippen molar-refractivity contribution in [3.05, 3.63) is 88.0 Å². The highest BCUT2D eigenvalue weighted by Crippen LogP contribution is 2.38. The van der Waals surface area contributed by atoms with Crippen molar-refractivity contribution in [2.75, 3.05) is 25.0 Å².